The van der Waals surface area contributed by atoms with Crippen LogP contribution in [0, 0.1) is 0 Å². The Morgan fingerprint density at radius 2 is 2.47 bits per heavy atom. The highest BCUT2D eigenvalue weighted by molar-refractivity contribution is 5.90. The fraction of sp³-hybridized carbons (Fsp3) is 0.727. The molecular formula is C11H18N4O2. The van der Waals surface area contributed by atoms with E-state index in [1.54, 1.807) is 0 Å². The molecule has 1 saturated heterocycles. The Hall–Kier alpha value is -1.43. The van der Waals surface area contributed by atoms with Gasteiger partial charge in [-0.05, 0) is 19.8 Å². The molecule has 17 heavy (non-hydrogen) atoms. The van der Waals surface area contributed by atoms with Crippen molar-refractivity contribution in [3.8, 4) is 0 Å². The number of aromatic amines is 1. The summed E-state index contributed by atoms with van der Waals surface area (Å²) in [5, 5.41) is 9.40. The van der Waals surface area contributed by atoms with Crippen molar-refractivity contribution in [2.75, 3.05) is 13.2 Å². The van der Waals surface area contributed by atoms with Gasteiger partial charge in [-0.1, -0.05) is 6.92 Å². The number of ether oxygens (including phenoxy) is 1. The van der Waals surface area contributed by atoms with E-state index in [0.717, 1.165) is 31.7 Å². The highest BCUT2D eigenvalue weighted by Crippen LogP contribution is 2.23. The molecule has 0 spiro atoms. The van der Waals surface area contributed by atoms with Crippen molar-refractivity contribution >= 4 is 5.91 Å². The fourth-order valence-electron chi connectivity index (χ4n) is 1.88. The molecule has 1 aromatic rings. The fourth-order valence-corrected chi connectivity index (χ4v) is 1.88. The second kappa shape index (κ2) is 4.83. The van der Waals surface area contributed by atoms with Crippen LogP contribution < -0.4 is 5.32 Å². The predicted molar refractivity (Wildman–Crippen MR) is 61.7 cm³/mol. The second-order valence-electron chi connectivity index (χ2n) is 4.54. The lowest BCUT2D eigenvalue weighted by molar-refractivity contribution is 0.0205. The van der Waals surface area contributed by atoms with Crippen LogP contribution in [-0.2, 0) is 11.2 Å². The normalized spacial score (nSPS) is 23.9. The largest absolute Gasteiger partial charge is 0.373 e. The van der Waals surface area contributed by atoms with Crippen LogP contribution in [0.15, 0.2) is 0 Å². The molecule has 2 heterocycles. The first-order valence-corrected chi connectivity index (χ1v) is 5.96. The Kier molecular flexibility index (Phi) is 3.42. The van der Waals surface area contributed by atoms with Gasteiger partial charge in [0, 0.05) is 19.6 Å². The van der Waals surface area contributed by atoms with Gasteiger partial charge in [0.1, 0.15) is 5.82 Å². The van der Waals surface area contributed by atoms with E-state index >= 15 is 0 Å². The molecule has 0 aromatic carbocycles. The van der Waals surface area contributed by atoms with Crippen molar-refractivity contribution in [1.82, 2.24) is 20.5 Å². The van der Waals surface area contributed by atoms with Crippen LogP contribution >= 0.6 is 0 Å². The third kappa shape index (κ3) is 2.82. The lowest BCUT2D eigenvalue weighted by Crippen LogP contribution is -2.40. The van der Waals surface area contributed by atoms with Gasteiger partial charge in [0.2, 0.25) is 5.82 Å². The summed E-state index contributed by atoms with van der Waals surface area (Å²) in [6.07, 6.45) is 2.76. The Balaban J connectivity index is 1.88. The molecule has 1 atom stereocenters. The molecule has 2 N–H and O–H groups in total. The molecule has 1 fully saturated rings. The van der Waals surface area contributed by atoms with Gasteiger partial charge in [0.05, 0.1) is 5.60 Å². The van der Waals surface area contributed by atoms with Gasteiger partial charge in [-0.3, -0.25) is 9.89 Å². The van der Waals surface area contributed by atoms with E-state index in [1.807, 2.05) is 13.8 Å². The molecule has 0 aliphatic carbocycles. The monoisotopic (exact) mass is 238 g/mol. The standard InChI is InChI=1S/C11H18N4O2/c1-3-8-13-9(15-14-8)10(16)12-7-11(2)5-4-6-17-11/h3-7H2,1-2H3,(H,12,16)(H,13,14,15). The summed E-state index contributed by atoms with van der Waals surface area (Å²) in [6, 6.07) is 0. The van der Waals surface area contributed by atoms with E-state index in [0.29, 0.717) is 6.54 Å². The minimum atomic E-state index is -0.252. The van der Waals surface area contributed by atoms with Crippen LogP contribution in [0.2, 0.25) is 0 Å². The molecule has 6 heteroatoms. The number of nitrogens with zero attached hydrogens (tertiary/aromatic N) is 2. The zero-order valence-corrected chi connectivity index (χ0v) is 10.2. The molecule has 6 nitrogen and oxygen atoms in total. The van der Waals surface area contributed by atoms with Crippen LogP contribution in [0.3, 0.4) is 0 Å². The Bertz CT molecular complexity index is 396. The SMILES string of the molecule is CCc1nc(C(=O)NCC2(C)CCCO2)n[nH]1. The number of carbonyl (C=O) groups is 1. The number of carbonyl (C=O) groups excluding carboxylic acids is 1. The lowest BCUT2D eigenvalue weighted by Gasteiger charge is -2.22. The topological polar surface area (TPSA) is 79.9 Å². The summed E-state index contributed by atoms with van der Waals surface area (Å²) < 4.78 is 5.59. The van der Waals surface area contributed by atoms with Crippen molar-refractivity contribution in [2.45, 2.75) is 38.7 Å². The predicted octanol–water partition coefficient (Wildman–Crippen LogP) is 0.666. The molecule has 1 aromatic heterocycles. The first-order chi connectivity index (χ1) is 8.13. The first kappa shape index (κ1) is 12.0. The van der Waals surface area contributed by atoms with Crippen LogP contribution in [-0.4, -0.2) is 39.8 Å². The van der Waals surface area contributed by atoms with Gasteiger partial charge in [0.25, 0.3) is 5.91 Å². The van der Waals surface area contributed by atoms with E-state index in [-0.39, 0.29) is 17.3 Å². The zero-order chi connectivity index (χ0) is 12.3. The second-order valence-corrected chi connectivity index (χ2v) is 4.54. The van der Waals surface area contributed by atoms with Crippen molar-refractivity contribution < 1.29 is 9.53 Å². The Morgan fingerprint density at radius 1 is 1.65 bits per heavy atom. The third-order valence-electron chi connectivity index (χ3n) is 2.99. The van der Waals surface area contributed by atoms with Crippen molar-refractivity contribution in [3.63, 3.8) is 0 Å². The minimum absolute atomic E-state index is 0.198. The van der Waals surface area contributed by atoms with Crippen LogP contribution in [0.1, 0.15) is 43.1 Å². The summed E-state index contributed by atoms with van der Waals surface area (Å²) in [7, 11) is 0. The van der Waals surface area contributed by atoms with E-state index < -0.39 is 0 Å². The first-order valence-electron chi connectivity index (χ1n) is 5.96. The maximum atomic E-state index is 11.8. The highest BCUT2D eigenvalue weighted by atomic mass is 16.5. The summed E-state index contributed by atoms with van der Waals surface area (Å²) in [4.78, 5) is 15.8. The maximum absolute atomic E-state index is 11.8. The quantitative estimate of drug-likeness (QED) is 0.807. The number of aromatic nitrogens is 3. The van der Waals surface area contributed by atoms with E-state index in [4.69, 9.17) is 4.74 Å². The Morgan fingerprint density at radius 3 is 3.06 bits per heavy atom. The molecule has 1 unspecified atom stereocenters. The van der Waals surface area contributed by atoms with E-state index in [1.165, 1.54) is 0 Å². The van der Waals surface area contributed by atoms with Gasteiger partial charge in [-0.2, -0.15) is 0 Å². The highest BCUT2D eigenvalue weighted by Gasteiger charge is 2.30. The van der Waals surface area contributed by atoms with Gasteiger partial charge in [-0.15, -0.1) is 5.10 Å². The number of amides is 1. The molecular weight excluding hydrogens is 220 g/mol. The van der Waals surface area contributed by atoms with Gasteiger partial charge in [0.15, 0.2) is 0 Å². The van der Waals surface area contributed by atoms with Crippen LogP contribution in [0.5, 0.6) is 0 Å². The summed E-state index contributed by atoms with van der Waals surface area (Å²) in [5.74, 6) is 0.666. The number of aryl methyl sites for hydroxylation is 1. The average Bonchev–Trinajstić information content (AvgIpc) is 2.95. The molecule has 94 valence electrons. The Labute approximate surface area is 100 Å². The molecule has 0 radical (unpaired) electrons. The van der Waals surface area contributed by atoms with E-state index in [2.05, 4.69) is 20.5 Å². The third-order valence-corrected chi connectivity index (χ3v) is 2.99. The smallest absolute Gasteiger partial charge is 0.291 e. The van der Waals surface area contributed by atoms with Crippen LogP contribution in [0.25, 0.3) is 0 Å². The number of nitrogens with one attached hydrogen (secondary N) is 2. The number of hydrogen-bond acceptors (Lipinski definition) is 4. The number of rotatable bonds is 4. The van der Waals surface area contributed by atoms with Crippen LogP contribution in [0.4, 0.5) is 0 Å². The van der Waals surface area contributed by atoms with E-state index in [9.17, 15) is 4.79 Å². The van der Waals surface area contributed by atoms with Gasteiger partial charge in [-0.25, -0.2) is 4.98 Å². The molecule has 0 bridgehead atoms. The molecule has 1 aliphatic rings. The summed E-state index contributed by atoms with van der Waals surface area (Å²) in [6.45, 7) is 5.24. The lowest BCUT2D eigenvalue weighted by atomic mass is 10.0. The van der Waals surface area contributed by atoms with Crippen molar-refractivity contribution in [2.24, 2.45) is 0 Å². The summed E-state index contributed by atoms with van der Waals surface area (Å²) >= 11 is 0. The van der Waals surface area contributed by atoms with Crippen molar-refractivity contribution in [3.05, 3.63) is 11.6 Å². The molecule has 1 amide bonds. The minimum Gasteiger partial charge on any atom is -0.373 e. The van der Waals surface area contributed by atoms with Gasteiger partial charge < -0.3 is 10.1 Å². The molecule has 2 rings (SSSR count). The maximum Gasteiger partial charge on any atom is 0.291 e. The van der Waals surface area contributed by atoms with Gasteiger partial charge >= 0.3 is 0 Å². The average molecular weight is 238 g/mol. The number of H-pyrrole nitrogens is 1. The summed E-state index contributed by atoms with van der Waals surface area (Å²) in [5.41, 5.74) is -0.237. The zero-order valence-electron chi connectivity index (χ0n) is 10.2. The molecule has 1 aliphatic heterocycles. The van der Waals surface area contributed by atoms with Crippen molar-refractivity contribution in [1.29, 1.82) is 0 Å². The number of hydrogen-bond donors (Lipinski definition) is 2. The molecule has 0 saturated carbocycles.